The minimum Gasteiger partial charge on any atom is -0.310 e. The zero-order valence-corrected chi connectivity index (χ0v) is 9.14. The van der Waals surface area contributed by atoms with Crippen molar-refractivity contribution < 1.29 is 4.79 Å². The highest BCUT2D eigenvalue weighted by atomic mass is 16.2. The standard InChI is InChI=1S/C11H12N4O/c1-8-10(13-14-12-8)11(16)15(2)9-6-4-3-5-7-9/h3-7H,1-2H3,(H,12,13,14). The number of nitrogens with zero attached hydrogens (tertiary/aromatic N) is 3. The second kappa shape index (κ2) is 4.14. The number of aromatic amines is 1. The van der Waals surface area contributed by atoms with Crippen LogP contribution in [0.15, 0.2) is 30.3 Å². The Labute approximate surface area is 93.1 Å². The number of benzene rings is 1. The van der Waals surface area contributed by atoms with Gasteiger partial charge in [0.2, 0.25) is 0 Å². The first-order valence-electron chi connectivity index (χ1n) is 4.90. The number of hydrogen-bond donors (Lipinski definition) is 1. The van der Waals surface area contributed by atoms with E-state index in [2.05, 4.69) is 15.4 Å². The van der Waals surface area contributed by atoms with Gasteiger partial charge >= 0.3 is 0 Å². The maximum atomic E-state index is 12.0. The lowest BCUT2D eigenvalue weighted by Gasteiger charge is -2.15. The van der Waals surface area contributed by atoms with Crippen LogP contribution < -0.4 is 4.90 Å². The van der Waals surface area contributed by atoms with Crippen molar-refractivity contribution >= 4 is 11.6 Å². The lowest BCUT2D eigenvalue weighted by Crippen LogP contribution is -2.27. The molecule has 1 heterocycles. The summed E-state index contributed by atoms with van der Waals surface area (Å²) >= 11 is 0. The molecule has 1 aromatic heterocycles. The Morgan fingerprint density at radius 3 is 2.50 bits per heavy atom. The molecule has 1 N–H and O–H groups in total. The SMILES string of the molecule is Cc1n[nH]nc1C(=O)N(C)c1ccccc1. The highest BCUT2D eigenvalue weighted by molar-refractivity contribution is 6.04. The topological polar surface area (TPSA) is 61.9 Å². The van der Waals surface area contributed by atoms with Gasteiger partial charge in [-0.15, -0.1) is 0 Å². The summed E-state index contributed by atoms with van der Waals surface area (Å²) in [5, 5.41) is 10.1. The van der Waals surface area contributed by atoms with Gasteiger partial charge in [0.1, 0.15) is 0 Å². The molecule has 0 saturated carbocycles. The van der Waals surface area contributed by atoms with E-state index in [1.165, 1.54) is 0 Å². The summed E-state index contributed by atoms with van der Waals surface area (Å²) < 4.78 is 0. The van der Waals surface area contributed by atoms with E-state index in [4.69, 9.17) is 0 Å². The fourth-order valence-electron chi connectivity index (χ4n) is 1.41. The number of hydrogen-bond acceptors (Lipinski definition) is 3. The molecule has 0 aliphatic carbocycles. The monoisotopic (exact) mass is 216 g/mol. The normalized spacial score (nSPS) is 10.1. The lowest BCUT2D eigenvalue weighted by atomic mass is 10.2. The molecule has 0 spiro atoms. The number of amides is 1. The van der Waals surface area contributed by atoms with Crippen molar-refractivity contribution in [2.75, 3.05) is 11.9 Å². The number of carbonyl (C=O) groups is 1. The minimum absolute atomic E-state index is 0.169. The Bertz CT molecular complexity index is 492. The van der Waals surface area contributed by atoms with Gasteiger partial charge in [-0.1, -0.05) is 18.2 Å². The number of aromatic nitrogens is 3. The van der Waals surface area contributed by atoms with Gasteiger partial charge in [0.05, 0.1) is 5.69 Å². The summed E-state index contributed by atoms with van der Waals surface area (Å²) in [4.78, 5) is 13.6. The minimum atomic E-state index is -0.169. The molecule has 0 aliphatic rings. The number of carbonyl (C=O) groups excluding carboxylic acids is 1. The largest absolute Gasteiger partial charge is 0.310 e. The molecule has 1 aromatic carbocycles. The van der Waals surface area contributed by atoms with E-state index in [9.17, 15) is 4.79 Å². The van der Waals surface area contributed by atoms with Crippen LogP contribution in [0.3, 0.4) is 0 Å². The smallest absolute Gasteiger partial charge is 0.280 e. The van der Waals surface area contributed by atoms with Crippen LogP contribution in [-0.4, -0.2) is 28.4 Å². The lowest BCUT2D eigenvalue weighted by molar-refractivity contribution is 0.0987. The van der Waals surface area contributed by atoms with Crippen molar-refractivity contribution in [1.82, 2.24) is 15.4 Å². The van der Waals surface area contributed by atoms with Crippen molar-refractivity contribution in [2.45, 2.75) is 6.92 Å². The fraction of sp³-hybridized carbons (Fsp3) is 0.182. The van der Waals surface area contributed by atoms with Gasteiger partial charge in [0.25, 0.3) is 5.91 Å². The number of anilines is 1. The first-order valence-corrected chi connectivity index (χ1v) is 4.90. The highest BCUT2D eigenvalue weighted by Gasteiger charge is 2.18. The fourth-order valence-corrected chi connectivity index (χ4v) is 1.41. The van der Waals surface area contributed by atoms with Gasteiger partial charge in [0.15, 0.2) is 5.69 Å². The third-order valence-corrected chi connectivity index (χ3v) is 2.37. The van der Waals surface area contributed by atoms with E-state index in [0.29, 0.717) is 11.4 Å². The summed E-state index contributed by atoms with van der Waals surface area (Å²) in [5.41, 5.74) is 1.79. The number of aryl methyl sites for hydroxylation is 1. The van der Waals surface area contributed by atoms with E-state index in [1.54, 1.807) is 18.9 Å². The van der Waals surface area contributed by atoms with E-state index in [0.717, 1.165) is 5.69 Å². The first kappa shape index (κ1) is 10.4. The van der Waals surface area contributed by atoms with Gasteiger partial charge in [0, 0.05) is 12.7 Å². The Morgan fingerprint density at radius 2 is 1.94 bits per heavy atom. The maximum absolute atomic E-state index is 12.0. The summed E-state index contributed by atoms with van der Waals surface area (Å²) in [6.07, 6.45) is 0. The molecule has 0 fully saturated rings. The van der Waals surface area contributed by atoms with E-state index in [-0.39, 0.29) is 5.91 Å². The molecule has 1 amide bonds. The summed E-state index contributed by atoms with van der Waals surface area (Å²) in [6, 6.07) is 9.41. The molecule has 16 heavy (non-hydrogen) atoms. The van der Waals surface area contributed by atoms with Crippen molar-refractivity contribution in [3.8, 4) is 0 Å². The van der Waals surface area contributed by atoms with Crippen LogP contribution in [0.5, 0.6) is 0 Å². The summed E-state index contributed by atoms with van der Waals surface area (Å²) in [7, 11) is 1.71. The second-order valence-electron chi connectivity index (χ2n) is 3.46. The number of para-hydroxylation sites is 1. The van der Waals surface area contributed by atoms with Gasteiger partial charge in [-0.05, 0) is 19.1 Å². The molecular formula is C11H12N4O. The molecular weight excluding hydrogens is 204 g/mol. The Morgan fingerprint density at radius 1 is 1.25 bits per heavy atom. The third kappa shape index (κ3) is 1.79. The average molecular weight is 216 g/mol. The Hall–Kier alpha value is -2.17. The summed E-state index contributed by atoms with van der Waals surface area (Å²) in [5.74, 6) is -0.169. The van der Waals surface area contributed by atoms with Crippen molar-refractivity contribution in [1.29, 1.82) is 0 Å². The molecule has 0 bridgehead atoms. The molecule has 2 aromatic rings. The third-order valence-electron chi connectivity index (χ3n) is 2.37. The highest BCUT2D eigenvalue weighted by Crippen LogP contribution is 2.14. The van der Waals surface area contributed by atoms with Crippen LogP contribution in [0.4, 0.5) is 5.69 Å². The van der Waals surface area contributed by atoms with Gasteiger partial charge < -0.3 is 4.90 Å². The zero-order valence-electron chi connectivity index (χ0n) is 9.14. The number of rotatable bonds is 2. The van der Waals surface area contributed by atoms with Crippen LogP contribution in [0.25, 0.3) is 0 Å². The molecule has 0 saturated heterocycles. The predicted molar refractivity (Wildman–Crippen MR) is 60.3 cm³/mol. The first-order chi connectivity index (χ1) is 7.70. The van der Waals surface area contributed by atoms with Crippen LogP contribution in [0, 0.1) is 6.92 Å². The maximum Gasteiger partial charge on any atom is 0.280 e. The van der Waals surface area contributed by atoms with Gasteiger partial charge in [-0.25, -0.2) is 0 Å². The molecule has 0 aliphatic heterocycles. The molecule has 0 unspecified atom stereocenters. The number of nitrogens with one attached hydrogen (secondary N) is 1. The Kier molecular flexibility index (Phi) is 2.68. The van der Waals surface area contributed by atoms with Crippen LogP contribution in [-0.2, 0) is 0 Å². The van der Waals surface area contributed by atoms with Crippen LogP contribution in [0.1, 0.15) is 16.2 Å². The van der Waals surface area contributed by atoms with Crippen molar-refractivity contribution in [3.63, 3.8) is 0 Å². The average Bonchev–Trinajstić information content (AvgIpc) is 2.75. The summed E-state index contributed by atoms with van der Waals surface area (Å²) in [6.45, 7) is 1.75. The molecule has 82 valence electrons. The van der Waals surface area contributed by atoms with E-state index >= 15 is 0 Å². The van der Waals surface area contributed by atoms with Crippen molar-refractivity contribution in [3.05, 3.63) is 41.7 Å². The molecule has 5 heteroatoms. The molecule has 5 nitrogen and oxygen atoms in total. The van der Waals surface area contributed by atoms with Crippen molar-refractivity contribution in [2.24, 2.45) is 0 Å². The molecule has 2 rings (SSSR count). The number of H-pyrrole nitrogens is 1. The molecule has 0 radical (unpaired) electrons. The molecule has 0 atom stereocenters. The van der Waals surface area contributed by atoms with Crippen LogP contribution >= 0.6 is 0 Å². The van der Waals surface area contributed by atoms with Gasteiger partial charge in [-0.3, -0.25) is 4.79 Å². The van der Waals surface area contributed by atoms with E-state index in [1.807, 2.05) is 30.3 Å². The Balaban J connectivity index is 2.27. The van der Waals surface area contributed by atoms with E-state index < -0.39 is 0 Å². The van der Waals surface area contributed by atoms with Crippen LogP contribution in [0.2, 0.25) is 0 Å². The second-order valence-corrected chi connectivity index (χ2v) is 3.46. The predicted octanol–water partition coefficient (Wildman–Crippen LogP) is 1.39. The quantitative estimate of drug-likeness (QED) is 0.825. The van der Waals surface area contributed by atoms with Gasteiger partial charge in [-0.2, -0.15) is 15.4 Å². The zero-order chi connectivity index (χ0) is 11.5.